The Morgan fingerprint density at radius 1 is 1.00 bits per heavy atom. The van der Waals surface area contributed by atoms with Crippen LogP contribution < -0.4 is 9.64 Å². The van der Waals surface area contributed by atoms with E-state index in [0.717, 1.165) is 11.1 Å². The Balaban J connectivity index is 1.87. The molecule has 142 valence electrons. The van der Waals surface area contributed by atoms with E-state index in [9.17, 15) is 10.1 Å². The first kappa shape index (κ1) is 18.5. The minimum absolute atomic E-state index is 0.318. The molecule has 0 N–H and O–H groups in total. The fourth-order valence-electron chi connectivity index (χ4n) is 3.45. The van der Waals surface area contributed by atoms with Crippen LogP contribution in [-0.4, -0.2) is 17.5 Å². The van der Waals surface area contributed by atoms with Gasteiger partial charge in [0.2, 0.25) is 5.66 Å². The molecule has 3 aromatic carbocycles. The molecule has 5 heteroatoms. The molecule has 0 spiro atoms. The maximum atomic E-state index is 13.2. The third kappa shape index (κ3) is 3.26. The van der Waals surface area contributed by atoms with Gasteiger partial charge in [0.15, 0.2) is 0 Å². The van der Waals surface area contributed by atoms with E-state index in [0.29, 0.717) is 23.6 Å². The molecule has 1 aliphatic heterocycles. The van der Waals surface area contributed by atoms with Crippen LogP contribution in [0.1, 0.15) is 24.5 Å². The van der Waals surface area contributed by atoms with E-state index >= 15 is 0 Å². The molecule has 1 heterocycles. The quantitative estimate of drug-likeness (QED) is 0.628. The normalized spacial score (nSPS) is 17.7. The smallest absolute Gasteiger partial charge is 0.410 e. The Morgan fingerprint density at radius 3 is 2.28 bits per heavy atom. The number of carbonyl (C=O) groups excluding carboxylic acids is 1. The van der Waals surface area contributed by atoms with E-state index in [4.69, 9.17) is 9.73 Å². The predicted molar refractivity (Wildman–Crippen MR) is 112 cm³/mol. The van der Waals surface area contributed by atoms with E-state index in [-0.39, 0.29) is 0 Å². The summed E-state index contributed by atoms with van der Waals surface area (Å²) >= 11 is 0. The van der Waals surface area contributed by atoms with Gasteiger partial charge in [0.05, 0.1) is 11.4 Å². The zero-order valence-electron chi connectivity index (χ0n) is 15.9. The lowest BCUT2D eigenvalue weighted by atomic mass is 9.93. The van der Waals surface area contributed by atoms with E-state index in [1.807, 2.05) is 67.6 Å². The van der Waals surface area contributed by atoms with Gasteiger partial charge in [-0.1, -0.05) is 73.7 Å². The highest BCUT2D eigenvalue weighted by molar-refractivity contribution is 6.19. The molecule has 0 unspecified atom stereocenters. The van der Waals surface area contributed by atoms with Crippen molar-refractivity contribution in [1.82, 2.24) is 0 Å². The molecular formula is C24H19N3O2. The number of nitriles is 1. The van der Waals surface area contributed by atoms with Gasteiger partial charge in [-0.2, -0.15) is 5.26 Å². The molecule has 1 amide bonds. The summed E-state index contributed by atoms with van der Waals surface area (Å²) in [6.07, 6.45) is -0.319. The van der Waals surface area contributed by atoms with Crippen LogP contribution in [0, 0.1) is 11.3 Å². The number of anilines is 1. The van der Waals surface area contributed by atoms with E-state index < -0.39 is 11.8 Å². The number of aliphatic imine (C=N–C) groups is 1. The molecule has 0 aliphatic carbocycles. The Bertz CT molecular complexity index is 1100. The van der Waals surface area contributed by atoms with Crippen molar-refractivity contribution in [3.63, 3.8) is 0 Å². The third-order valence-electron chi connectivity index (χ3n) is 4.92. The highest BCUT2D eigenvalue weighted by Crippen LogP contribution is 2.38. The first-order valence-corrected chi connectivity index (χ1v) is 9.41. The predicted octanol–water partition coefficient (Wildman–Crippen LogP) is 5.17. The first-order chi connectivity index (χ1) is 14.2. The molecule has 0 radical (unpaired) electrons. The third-order valence-corrected chi connectivity index (χ3v) is 4.92. The minimum atomic E-state index is -1.40. The zero-order valence-corrected chi connectivity index (χ0v) is 15.9. The maximum Gasteiger partial charge on any atom is 0.422 e. The van der Waals surface area contributed by atoms with Gasteiger partial charge in [-0.25, -0.2) is 14.7 Å². The molecule has 4 rings (SSSR count). The Hall–Kier alpha value is -3.91. The zero-order chi connectivity index (χ0) is 20.3. The molecule has 0 saturated carbocycles. The Kier molecular flexibility index (Phi) is 4.84. The second kappa shape index (κ2) is 7.61. The second-order valence-electron chi connectivity index (χ2n) is 6.64. The van der Waals surface area contributed by atoms with Crippen LogP contribution in [-0.2, 0) is 0 Å². The number of benzene rings is 3. The number of rotatable bonds is 3. The van der Waals surface area contributed by atoms with Crippen molar-refractivity contribution in [2.45, 2.75) is 19.0 Å². The molecular weight excluding hydrogens is 362 g/mol. The van der Waals surface area contributed by atoms with Gasteiger partial charge >= 0.3 is 6.09 Å². The number of hydrogen-bond donors (Lipinski definition) is 0. The van der Waals surface area contributed by atoms with Crippen LogP contribution >= 0.6 is 0 Å². The molecule has 1 atom stereocenters. The van der Waals surface area contributed by atoms with E-state index in [1.165, 1.54) is 4.90 Å². The van der Waals surface area contributed by atoms with Crippen LogP contribution in [0.3, 0.4) is 0 Å². The molecule has 1 aliphatic rings. The fraction of sp³-hybridized carbons (Fsp3) is 0.125. The van der Waals surface area contributed by atoms with Gasteiger partial charge in [-0.3, -0.25) is 0 Å². The number of carbonyl (C=O) groups is 1. The van der Waals surface area contributed by atoms with Crippen LogP contribution in [0.25, 0.3) is 0 Å². The summed E-state index contributed by atoms with van der Waals surface area (Å²) in [5.41, 5.74) is 1.57. The monoisotopic (exact) mass is 381 g/mol. The lowest BCUT2D eigenvalue weighted by molar-refractivity contribution is 0.201. The van der Waals surface area contributed by atoms with Crippen LogP contribution in [0.15, 0.2) is 89.9 Å². The summed E-state index contributed by atoms with van der Waals surface area (Å²) in [4.78, 5) is 19.3. The van der Waals surface area contributed by atoms with Gasteiger partial charge in [0.25, 0.3) is 0 Å². The Labute approximate surface area is 169 Å². The summed E-state index contributed by atoms with van der Waals surface area (Å²) in [5.74, 6) is 0.413. The number of fused-ring (bicyclic) bond motifs is 1. The summed E-state index contributed by atoms with van der Waals surface area (Å²) in [6, 6.07) is 28.2. The minimum Gasteiger partial charge on any atom is -0.410 e. The standard InChI is InChI=1S/C24H19N3O2/c1-2-24(17-25)26-22(18-11-5-3-6-12-18)20-15-9-10-16-21(20)27(24)23(28)29-19-13-7-4-8-14-19/h3-16H,2H2,1H3/t24-/m1/s1. The van der Waals surface area contributed by atoms with Gasteiger partial charge in [0, 0.05) is 17.5 Å². The summed E-state index contributed by atoms with van der Waals surface area (Å²) in [6.45, 7) is 1.84. The van der Waals surface area contributed by atoms with Crippen molar-refractivity contribution < 1.29 is 9.53 Å². The van der Waals surface area contributed by atoms with E-state index in [2.05, 4.69) is 6.07 Å². The van der Waals surface area contributed by atoms with E-state index in [1.54, 1.807) is 24.3 Å². The summed E-state index contributed by atoms with van der Waals surface area (Å²) < 4.78 is 5.58. The topological polar surface area (TPSA) is 65.7 Å². The van der Waals surface area contributed by atoms with Crippen LogP contribution in [0.2, 0.25) is 0 Å². The Morgan fingerprint density at radius 2 is 1.62 bits per heavy atom. The maximum absolute atomic E-state index is 13.2. The van der Waals surface area contributed by atoms with Gasteiger partial charge in [0.1, 0.15) is 11.8 Å². The SMILES string of the molecule is CC[C@@]1(C#N)N=C(c2ccccc2)c2ccccc2N1C(=O)Oc1ccccc1. The summed E-state index contributed by atoms with van der Waals surface area (Å²) in [5, 5.41) is 10.1. The molecule has 0 fully saturated rings. The lowest BCUT2D eigenvalue weighted by Gasteiger charge is -2.39. The highest BCUT2D eigenvalue weighted by atomic mass is 16.6. The lowest BCUT2D eigenvalue weighted by Crippen LogP contribution is -2.54. The molecule has 0 bridgehead atoms. The first-order valence-electron chi connectivity index (χ1n) is 9.41. The average Bonchev–Trinajstić information content (AvgIpc) is 2.79. The summed E-state index contributed by atoms with van der Waals surface area (Å²) in [7, 11) is 0. The molecule has 0 aromatic heterocycles. The van der Waals surface area contributed by atoms with Gasteiger partial charge < -0.3 is 4.74 Å². The largest absolute Gasteiger partial charge is 0.422 e. The number of amides is 1. The molecule has 5 nitrogen and oxygen atoms in total. The van der Waals surface area contributed by atoms with Crippen molar-refractivity contribution in [1.29, 1.82) is 5.26 Å². The number of nitrogens with zero attached hydrogens (tertiary/aromatic N) is 3. The number of ether oxygens (including phenoxy) is 1. The molecule has 29 heavy (non-hydrogen) atoms. The average molecular weight is 381 g/mol. The second-order valence-corrected chi connectivity index (χ2v) is 6.64. The van der Waals surface area contributed by atoms with Gasteiger partial charge in [-0.05, 0) is 18.2 Å². The number of hydrogen-bond acceptors (Lipinski definition) is 4. The van der Waals surface area contributed by atoms with Gasteiger partial charge in [-0.15, -0.1) is 0 Å². The van der Waals surface area contributed by atoms with Crippen LogP contribution in [0.5, 0.6) is 5.75 Å². The molecule has 0 saturated heterocycles. The van der Waals surface area contributed by atoms with Crippen molar-refractivity contribution >= 4 is 17.5 Å². The fourth-order valence-corrected chi connectivity index (χ4v) is 3.45. The number of para-hydroxylation sites is 2. The van der Waals surface area contributed by atoms with Crippen molar-refractivity contribution in [2.75, 3.05) is 4.90 Å². The highest BCUT2D eigenvalue weighted by Gasteiger charge is 2.45. The van der Waals surface area contributed by atoms with Crippen molar-refractivity contribution in [3.05, 3.63) is 96.1 Å². The van der Waals surface area contributed by atoms with Crippen LogP contribution in [0.4, 0.5) is 10.5 Å². The van der Waals surface area contributed by atoms with Crippen molar-refractivity contribution in [2.24, 2.45) is 4.99 Å². The molecule has 3 aromatic rings. The van der Waals surface area contributed by atoms with Crippen molar-refractivity contribution in [3.8, 4) is 11.8 Å².